The van der Waals surface area contributed by atoms with Gasteiger partial charge in [-0.2, -0.15) is 0 Å². The lowest BCUT2D eigenvalue weighted by Crippen LogP contribution is -2.30. The summed E-state index contributed by atoms with van der Waals surface area (Å²) < 4.78 is 13.6. The molecule has 108 valence electrons. The molecule has 0 aliphatic heterocycles. The molecule has 2 rings (SSSR count). The van der Waals surface area contributed by atoms with E-state index in [4.69, 9.17) is 14.9 Å². The van der Waals surface area contributed by atoms with Gasteiger partial charge in [-0.1, -0.05) is 36.4 Å². The molecule has 0 spiro atoms. The Morgan fingerprint density at radius 2 is 1.90 bits per heavy atom. The van der Waals surface area contributed by atoms with Crippen molar-refractivity contribution in [3.05, 3.63) is 59.9 Å². The SMILES string of the molecule is O=C(Cc1ccccc1)ONc1ccc(B(O)O)cc1F. The fourth-order valence-electron chi connectivity index (χ4n) is 1.69. The molecule has 0 aliphatic carbocycles. The molecule has 0 saturated heterocycles. The van der Waals surface area contributed by atoms with Gasteiger partial charge in [-0.25, -0.2) is 14.7 Å². The number of hydrogen-bond donors (Lipinski definition) is 3. The van der Waals surface area contributed by atoms with Crippen LogP contribution in [0.3, 0.4) is 0 Å². The Balaban J connectivity index is 1.92. The topological polar surface area (TPSA) is 78.8 Å². The highest BCUT2D eigenvalue weighted by Crippen LogP contribution is 2.12. The lowest BCUT2D eigenvalue weighted by atomic mass is 9.80. The molecule has 0 amide bonds. The molecule has 0 atom stereocenters. The third-order valence-corrected chi connectivity index (χ3v) is 2.76. The van der Waals surface area contributed by atoms with Crippen molar-refractivity contribution in [2.24, 2.45) is 0 Å². The van der Waals surface area contributed by atoms with Crippen molar-refractivity contribution in [3.63, 3.8) is 0 Å². The number of benzene rings is 2. The van der Waals surface area contributed by atoms with E-state index in [9.17, 15) is 9.18 Å². The van der Waals surface area contributed by atoms with E-state index in [1.54, 1.807) is 24.3 Å². The minimum absolute atomic E-state index is 0.00802. The zero-order valence-electron chi connectivity index (χ0n) is 11.0. The Morgan fingerprint density at radius 1 is 1.19 bits per heavy atom. The highest BCUT2D eigenvalue weighted by molar-refractivity contribution is 6.58. The third-order valence-electron chi connectivity index (χ3n) is 2.76. The molecule has 0 aromatic heterocycles. The second-order valence-electron chi connectivity index (χ2n) is 4.35. The summed E-state index contributed by atoms with van der Waals surface area (Å²) in [6.07, 6.45) is 0.0584. The van der Waals surface area contributed by atoms with Gasteiger partial charge in [-0.05, 0) is 23.2 Å². The van der Waals surface area contributed by atoms with Crippen LogP contribution in [0.25, 0.3) is 0 Å². The molecule has 7 heteroatoms. The third kappa shape index (κ3) is 4.30. The lowest BCUT2D eigenvalue weighted by molar-refractivity contribution is -0.139. The zero-order chi connectivity index (χ0) is 15.2. The van der Waals surface area contributed by atoms with E-state index in [0.29, 0.717) is 0 Å². The average molecular weight is 289 g/mol. The number of hydrogen-bond acceptors (Lipinski definition) is 5. The highest BCUT2D eigenvalue weighted by Gasteiger charge is 2.14. The Labute approximate surface area is 121 Å². The number of carbonyl (C=O) groups excluding carboxylic acids is 1. The van der Waals surface area contributed by atoms with E-state index in [-0.39, 0.29) is 17.6 Å². The zero-order valence-corrected chi connectivity index (χ0v) is 11.0. The van der Waals surface area contributed by atoms with Crippen LogP contribution in [0.4, 0.5) is 10.1 Å². The van der Waals surface area contributed by atoms with Crippen LogP contribution in [0, 0.1) is 5.82 Å². The summed E-state index contributed by atoms with van der Waals surface area (Å²) >= 11 is 0. The van der Waals surface area contributed by atoms with Crippen LogP contribution in [0.1, 0.15) is 5.56 Å². The van der Waals surface area contributed by atoms with Gasteiger partial charge in [0.05, 0.1) is 6.42 Å². The quantitative estimate of drug-likeness (QED) is 0.555. The molecule has 2 aromatic carbocycles. The predicted octanol–water partition coefficient (Wildman–Crippen LogP) is 0.618. The number of carbonyl (C=O) groups is 1. The van der Waals surface area contributed by atoms with Crippen LogP contribution in [0.5, 0.6) is 0 Å². The number of halogens is 1. The molecule has 0 heterocycles. The molecular weight excluding hydrogens is 276 g/mol. The molecule has 0 radical (unpaired) electrons. The Morgan fingerprint density at radius 3 is 2.52 bits per heavy atom. The molecular formula is C14H13BFNO4. The summed E-state index contributed by atoms with van der Waals surface area (Å²) in [5.41, 5.74) is 2.93. The van der Waals surface area contributed by atoms with Crippen molar-refractivity contribution in [3.8, 4) is 0 Å². The summed E-state index contributed by atoms with van der Waals surface area (Å²) in [5, 5.41) is 17.8. The van der Waals surface area contributed by atoms with Crippen LogP contribution >= 0.6 is 0 Å². The number of nitrogens with one attached hydrogen (secondary N) is 1. The molecule has 5 nitrogen and oxygen atoms in total. The lowest BCUT2D eigenvalue weighted by Gasteiger charge is -2.09. The summed E-state index contributed by atoms with van der Waals surface area (Å²) in [6, 6.07) is 12.5. The van der Waals surface area contributed by atoms with Gasteiger partial charge in [0, 0.05) is 0 Å². The fourth-order valence-corrected chi connectivity index (χ4v) is 1.69. The molecule has 2 aromatic rings. The minimum Gasteiger partial charge on any atom is -0.423 e. The molecule has 0 saturated carbocycles. The Bertz CT molecular complexity index is 622. The summed E-state index contributed by atoms with van der Waals surface area (Å²) in [5.74, 6) is -1.32. The highest BCUT2D eigenvalue weighted by atomic mass is 19.1. The van der Waals surface area contributed by atoms with Gasteiger partial charge in [0.1, 0.15) is 11.5 Å². The van der Waals surface area contributed by atoms with Gasteiger partial charge < -0.3 is 14.9 Å². The van der Waals surface area contributed by atoms with Crippen molar-refractivity contribution in [2.75, 3.05) is 5.48 Å². The molecule has 0 fully saturated rings. The molecule has 0 bridgehead atoms. The van der Waals surface area contributed by atoms with Gasteiger partial charge >= 0.3 is 13.1 Å². The van der Waals surface area contributed by atoms with Crippen molar-refractivity contribution < 1.29 is 24.1 Å². The van der Waals surface area contributed by atoms with E-state index < -0.39 is 18.9 Å². The van der Waals surface area contributed by atoms with E-state index in [1.807, 2.05) is 6.07 Å². The van der Waals surface area contributed by atoms with Crippen molar-refractivity contribution >= 4 is 24.2 Å². The number of rotatable bonds is 5. The van der Waals surface area contributed by atoms with Gasteiger partial charge in [0.25, 0.3) is 0 Å². The Kier molecular flexibility index (Phi) is 4.92. The normalized spacial score (nSPS) is 10.0. The van der Waals surface area contributed by atoms with Crippen LogP contribution in [0.15, 0.2) is 48.5 Å². The standard InChI is InChI=1S/C14H13BFNO4/c16-12-9-11(15(19)20)6-7-13(12)17-21-14(18)8-10-4-2-1-3-5-10/h1-7,9,17,19-20H,8H2. The maximum absolute atomic E-state index is 13.6. The molecule has 0 aliphatic rings. The second-order valence-corrected chi connectivity index (χ2v) is 4.35. The monoisotopic (exact) mass is 289 g/mol. The summed E-state index contributed by atoms with van der Waals surface area (Å²) in [7, 11) is -1.76. The maximum Gasteiger partial charge on any atom is 0.488 e. The van der Waals surface area contributed by atoms with Crippen LogP contribution in [-0.2, 0) is 16.1 Å². The molecule has 3 N–H and O–H groups in total. The van der Waals surface area contributed by atoms with Gasteiger partial charge in [-0.3, -0.25) is 0 Å². The van der Waals surface area contributed by atoms with Crippen LogP contribution in [-0.4, -0.2) is 23.1 Å². The molecule has 21 heavy (non-hydrogen) atoms. The first-order valence-corrected chi connectivity index (χ1v) is 6.21. The summed E-state index contributed by atoms with van der Waals surface area (Å²) in [6.45, 7) is 0. The average Bonchev–Trinajstić information content (AvgIpc) is 2.47. The maximum atomic E-state index is 13.6. The minimum atomic E-state index is -1.76. The van der Waals surface area contributed by atoms with Crippen molar-refractivity contribution in [2.45, 2.75) is 6.42 Å². The fraction of sp³-hybridized carbons (Fsp3) is 0.0714. The van der Waals surface area contributed by atoms with Gasteiger partial charge in [0.15, 0.2) is 0 Å². The largest absolute Gasteiger partial charge is 0.488 e. The van der Waals surface area contributed by atoms with Crippen LogP contribution in [0.2, 0.25) is 0 Å². The predicted molar refractivity (Wildman–Crippen MR) is 76.1 cm³/mol. The first-order valence-electron chi connectivity index (χ1n) is 6.21. The second kappa shape index (κ2) is 6.87. The first-order chi connectivity index (χ1) is 10.1. The van der Waals surface area contributed by atoms with Gasteiger partial charge in [0.2, 0.25) is 0 Å². The number of anilines is 1. The molecule has 0 unspecified atom stereocenters. The van der Waals surface area contributed by atoms with Crippen molar-refractivity contribution in [1.82, 2.24) is 0 Å². The van der Waals surface area contributed by atoms with E-state index in [0.717, 1.165) is 11.6 Å². The van der Waals surface area contributed by atoms with E-state index >= 15 is 0 Å². The van der Waals surface area contributed by atoms with E-state index in [1.165, 1.54) is 12.1 Å². The smallest absolute Gasteiger partial charge is 0.423 e. The van der Waals surface area contributed by atoms with Crippen molar-refractivity contribution in [1.29, 1.82) is 0 Å². The van der Waals surface area contributed by atoms with E-state index in [2.05, 4.69) is 5.48 Å². The first kappa shape index (κ1) is 15.0. The summed E-state index contributed by atoms with van der Waals surface area (Å²) in [4.78, 5) is 16.3. The van der Waals surface area contributed by atoms with Crippen LogP contribution < -0.4 is 10.9 Å². The Hall–Kier alpha value is -2.38. The van der Waals surface area contributed by atoms with Gasteiger partial charge in [-0.15, -0.1) is 0 Å².